The maximum atomic E-state index is 10.9. The first kappa shape index (κ1) is 12.9. The number of hydrogen-bond acceptors (Lipinski definition) is 4. The molecule has 1 aliphatic rings. The standard InChI is InChI=1S/C14H20N2O2/c1-12(17)18-11-13-5-3-4-6-14(13)16-9-7-15(2)8-10-16/h3-6H,7-11H2,1-2H3. The Balaban J connectivity index is 2.09. The molecule has 1 aliphatic heterocycles. The molecule has 0 bridgehead atoms. The molecule has 1 saturated heterocycles. The van der Waals surface area contributed by atoms with E-state index in [0.29, 0.717) is 6.61 Å². The minimum atomic E-state index is -0.233. The molecule has 1 heterocycles. The van der Waals surface area contributed by atoms with Crippen LogP contribution in [0.3, 0.4) is 0 Å². The number of rotatable bonds is 3. The van der Waals surface area contributed by atoms with Gasteiger partial charge in [0.15, 0.2) is 0 Å². The van der Waals surface area contributed by atoms with Gasteiger partial charge < -0.3 is 14.5 Å². The van der Waals surface area contributed by atoms with Crippen molar-refractivity contribution in [2.45, 2.75) is 13.5 Å². The van der Waals surface area contributed by atoms with E-state index in [1.807, 2.05) is 18.2 Å². The van der Waals surface area contributed by atoms with Crippen molar-refractivity contribution in [3.8, 4) is 0 Å². The number of esters is 1. The van der Waals surface area contributed by atoms with Crippen LogP contribution in [0.5, 0.6) is 0 Å². The number of hydrogen-bond donors (Lipinski definition) is 0. The number of para-hydroxylation sites is 1. The predicted octanol–water partition coefficient (Wildman–Crippen LogP) is 1.50. The van der Waals surface area contributed by atoms with Gasteiger partial charge in [0.1, 0.15) is 6.61 Å². The maximum absolute atomic E-state index is 10.9. The van der Waals surface area contributed by atoms with E-state index in [-0.39, 0.29) is 5.97 Å². The van der Waals surface area contributed by atoms with Crippen LogP contribution in [0.2, 0.25) is 0 Å². The van der Waals surface area contributed by atoms with Crippen molar-refractivity contribution in [2.75, 3.05) is 38.1 Å². The molecule has 2 rings (SSSR count). The van der Waals surface area contributed by atoms with Gasteiger partial charge in [0.25, 0.3) is 0 Å². The summed E-state index contributed by atoms with van der Waals surface area (Å²) in [7, 11) is 2.14. The molecule has 0 aromatic heterocycles. The number of anilines is 1. The largest absolute Gasteiger partial charge is 0.461 e. The summed E-state index contributed by atoms with van der Waals surface area (Å²) in [6.07, 6.45) is 0. The lowest BCUT2D eigenvalue weighted by Crippen LogP contribution is -2.44. The monoisotopic (exact) mass is 248 g/mol. The number of piperazine rings is 1. The average Bonchev–Trinajstić information content (AvgIpc) is 2.38. The highest BCUT2D eigenvalue weighted by molar-refractivity contribution is 5.66. The summed E-state index contributed by atoms with van der Waals surface area (Å²) in [6, 6.07) is 8.14. The quantitative estimate of drug-likeness (QED) is 0.759. The Morgan fingerprint density at radius 1 is 1.22 bits per heavy atom. The molecule has 4 heteroatoms. The molecule has 1 aromatic carbocycles. The molecule has 98 valence electrons. The second kappa shape index (κ2) is 5.87. The van der Waals surface area contributed by atoms with Gasteiger partial charge in [0.2, 0.25) is 0 Å². The van der Waals surface area contributed by atoms with E-state index in [2.05, 4.69) is 22.9 Å². The lowest BCUT2D eigenvalue weighted by Gasteiger charge is -2.35. The van der Waals surface area contributed by atoms with Gasteiger partial charge in [-0.1, -0.05) is 18.2 Å². The molecule has 0 radical (unpaired) electrons. The van der Waals surface area contributed by atoms with E-state index in [1.54, 1.807) is 0 Å². The summed E-state index contributed by atoms with van der Waals surface area (Å²) in [5.41, 5.74) is 2.27. The lowest BCUT2D eigenvalue weighted by atomic mass is 10.1. The third-order valence-corrected chi connectivity index (χ3v) is 3.27. The van der Waals surface area contributed by atoms with E-state index in [4.69, 9.17) is 4.74 Å². The third-order valence-electron chi connectivity index (χ3n) is 3.27. The number of ether oxygens (including phenoxy) is 1. The number of nitrogens with zero attached hydrogens (tertiary/aromatic N) is 2. The molecule has 0 N–H and O–H groups in total. The van der Waals surface area contributed by atoms with Crippen LogP contribution in [0.4, 0.5) is 5.69 Å². The molecule has 1 fully saturated rings. The predicted molar refractivity (Wildman–Crippen MR) is 71.6 cm³/mol. The van der Waals surface area contributed by atoms with Crippen molar-refractivity contribution in [3.05, 3.63) is 29.8 Å². The minimum Gasteiger partial charge on any atom is -0.461 e. The highest BCUT2D eigenvalue weighted by atomic mass is 16.5. The molecule has 0 aliphatic carbocycles. The SMILES string of the molecule is CC(=O)OCc1ccccc1N1CCN(C)CC1. The summed E-state index contributed by atoms with van der Waals surface area (Å²) in [5, 5.41) is 0. The normalized spacial score (nSPS) is 16.7. The van der Waals surface area contributed by atoms with Crippen LogP contribution in [0.1, 0.15) is 12.5 Å². The molecule has 0 spiro atoms. The van der Waals surface area contributed by atoms with Crippen molar-refractivity contribution in [1.29, 1.82) is 0 Å². The average molecular weight is 248 g/mol. The summed E-state index contributed by atoms with van der Waals surface area (Å²) < 4.78 is 5.10. The first-order chi connectivity index (χ1) is 8.66. The Labute approximate surface area is 108 Å². The zero-order chi connectivity index (χ0) is 13.0. The Hall–Kier alpha value is -1.55. The maximum Gasteiger partial charge on any atom is 0.302 e. The van der Waals surface area contributed by atoms with Gasteiger partial charge in [-0.25, -0.2) is 0 Å². The third kappa shape index (κ3) is 3.23. The van der Waals surface area contributed by atoms with Crippen molar-refractivity contribution in [3.63, 3.8) is 0 Å². The van der Waals surface area contributed by atoms with Crippen LogP contribution in [-0.2, 0) is 16.1 Å². The van der Waals surface area contributed by atoms with Gasteiger partial charge in [-0.05, 0) is 13.1 Å². The topological polar surface area (TPSA) is 32.8 Å². The fraction of sp³-hybridized carbons (Fsp3) is 0.500. The Morgan fingerprint density at radius 2 is 1.89 bits per heavy atom. The molecular weight excluding hydrogens is 228 g/mol. The Kier molecular flexibility index (Phi) is 4.20. The van der Waals surface area contributed by atoms with Crippen LogP contribution in [0, 0.1) is 0 Å². The molecule has 0 amide bonds. The Bertz CT molecular complexity index is 412. The highest BCUT2D eigenvalue weighted by Crippen LogP contribution is 2.22. The van der Waals surface area contributed by atoms with E-state index < -0.39 is 0 Å². The highest BCUT2D eigenvalue weighted by Gasteiger charge is 2.16. The second-order valence-corrected chi connectivity index (χ2v) is 4.70. The van der Waals surface area contributed by atoms with Crippen molar-refractivity contribution < 1.29 is 9.53 Å². The molecule has 0 atom stereocenters. The van der Waals surface area contributed by atoms with E-state index in [9.17, 15) is 4.79 Å². The lowest BCUT2D eigenvalue weighted by molar-refractivity contribution is -0.142. The summed E-state index contributed by atoms with van der Waals surface area (Å²) in [6.45, 7) is 5.99. The van der Waals surface area contributed by atoms with E-state index in [0.717, 1.165) is 31.7 Å². The van der Waals surface area contributed by atoms with Crippen LogP contribution in [-0.4, -0.2) is 44.1 Å². The fourth-order valence-corrected chi connectivity index (χ4v) is 2.17. The van der Waals surface area contributed by atoms with Crippen LogP contribution < -0.4 is 4.90 Å². The number of carbonyl (C=O) groups is 1. The zero-order valence-corrected chi connectivity index (χ0v) is 11.1. The second-order valence-electron chi connectivity index (χ2n) is 4.70. The molecule has 0 saturated carbocycles. The van der Waals surface area contributed by atoms with Crippen molar-refractivity contribution in [1.82, 2.24) is 4.90 Å². The van der Waals surface area contributed by atoms with Crippen LogP contribution in [0.15, 0.2) is 24.3 Å². The van der Waals surface area contributed by atoms with Crippen molar-refractivity contribution in [2.24, 2.45) is 0 Å². The number of benzene rings is 1. The Morgan fingerprint density at radius 3 is 2.56 bits per heavy atom. The van der Waals surface area contributed by atoms with Gasteiger partial charge in [-0.3, -0.25) is 4.79 Å². The van der Waals surface area contributed by atoms with E-state index in [1.165, 1.54) is 12.6 Å². The molecule has 1 aromatic rings. The van der Waals surface area contributed by atoms with Gasteiger partial charge in [-0.15, -0.1) is 0 Å². The van der Waals surface area contributed by atoms with Crippen molar-refractivity contribution >= 4 is 11.7 Å². The molecule has 4 nitrogen and oxygen atoms in total. The fourth-order valence-electron chi connectivity index (χ4n) is 2.17. The first-order valence-electron chi connectivity index (χ1n) is 6.31. The van der Waals surface area contributed by atoms with Gasteiger partial charge in [-0.2, -0.15) is 0 Å². The molecular formula is C14H20N2O2. The van der Waals surface area contributed by atoms with Gasteiger partial charge in [0.05, 0.1) is 0 Å². The van der Waals surface area contributed by atoms with Crippen LogP contribution in [0.25, 0.3) is 0 Å². The zero-order valence-electron chi connectivity index (χ0n) is 11.1. The summed E-state index contributed by atoms with van der Waals surface area (Å²) >= 11 is 0. The van der Waals surface area contributed by atoms with Gasteiger partial charge in [0, 0.05) is 44.4 Å². The first-order valence-corrected chi connectivity index (χ1v) is 6.31. The summed E-state index contributed by atoms with van der Waals surface area (Å²) in [5.74, 6) is -0.233. The van der Waals surface area contributed by atoms with Gasteiger partial charge >= 0.3 is 5.97 Å². The number of likely N-dealkylation sites (N-methyl/N-ethyl adjacent to an activating group) is 1. The summed E-state index contributed by atoms with van der Waals surface area (Å²) in [4.78, 5) is 15.6. The smallest absolute Gasteiger partial charge is 0.302 e. The molecule has 0 unspecified atom stereocenters. The number of carbonyl (C=O) groups excluding carboxylic acids is 1. The van der Waals surface area contributed by atoms with Crippen LogP contribution >= 0.6 is 0 Å². The molecule has 18 heavy (non-hydrogen) atoms. The van der Waals surface area contributed by atoms with E-state index >= 15 is 0 Å². The minimum absolute atomic E-state index is 0.233.